The first-order valence-corrected chi connectivity index (χ1v) is 7.33. The first-order chi connectivity index (χ1) is 9.10. The second-order valence-electron chi connectivity index (χ2n) is 4.86. The molecule has 0 radical (unpaired) electrons. The summed E-state index contributed by atoms with van der Waals surface area (Å²) in [6.07, 6.45) is 0.947. The number of rotatable bonds is 4. The van der Waals surface area contributed by atoms with Crippen LogP contribution in [0.25, 0.3) is 0 Å². The summed E-state index contributed by atoms with van der Waals surface area (Å²) in [6, 6.07) is 12.7. The van der Waals surface area contributed by atoms with Crippen LogP contribution < -0.4 is 0 Å². The predicted molar refractivity (Wildman–Crippen MR) is 82.0 cm³/mol. The molecular weight excluding hydrogens is 252 g/mol. The number of carbonyl (C=O) groups is 1. The maximum atomic E-state index is 11.0. The minimum absolute atomic E-state index is 0.805. The largest absolute Gasteiger partial charge is 0.298 e. The van der Waals surface area contributed by atoms with Crippen LogP contribution in [0.1, 0.15) is 32.6 Å². The number of carbonyl (C=O) groups excluding carboxylic acids is 1. The Morgan fingerprint density at radius 3 is 2.32 bits per heavy atom. The highest BCUT2D eigenvalue weighted by Crippen LogP contribution is 2.26. The Kier molecular flexibility index (Phi) is 4.43. The molecule has 2 aromatic carbocycles. The third-order valence-electron chi connectivity index (χ3n) is 3.24. The molecule has 0 saturated heterocycles. The first kappa shape index (κ1) is 13.9. The van der Waals surface area contributed by atoms with Crippen molar-refractivity contribution in [1.29, 1.82) is 0 Å². The molecule has 0 amide bonds. The lowest BCUT2D eigenvalue weighted by Crippen LogP contribution is -1.95. The molecule has 0 N–H and O–H groups in total. The zero-order valence-electron chi connectivity index (χ0n) is 11.6. The molecule has 0 atom stereocenters. The van der Waals surface area contributed by atoms with Crippen LogP contribution in [0.4, 0.5) is 0 Å². The monoisotopic (exact) mass is 270 g/mol. The second kappa shape index (κ2) is 6.07. The number of aryl methyl sites for hydroxylation is 2. The van der Waals surface area contributed by atoms with Gasteiger partial charge in [0.15, 0.2) is 0 Å². The second-order valence-corrected chi connectivity index (χ2v) is 5.91. The normalized spacial score (nSPS) is 10.5. The van der Waals surface area contributed by atoms with Crippen LogP contribution in [0.2, 0.25) is 0 Å². The average molecular weight is 270 g/mol. The lowest BCUT2D eigenvalue weighted by molar-refractivity contribution is 0.112. The van der Waals surface area contributed by atoms with Crippen LogP contribution in [0.15, 0.2) is 41.3 Å². The van der Waals surface area contributed by atoms with Gasteiger partial charge in [0.05, 0.1) is 0 Å². The van der Waals surface area contributed by atoms with Crippen molar-refractivity contribution in [1.82, 2.24) is 0 Å². The van der Waals surface area contributed by atoms with Gasteiger partial charge in [0.25, 0.3) is 0 Å². The summed E-state index contributed by atoms with van der Waals surface area (Å²) in [4.78, 5) is 12.3. The zero-order valence-corrected chi connectivity index (χ0v) is 12.4. The van der Waals surface area contributed by atoms with Gasteiger partial charge in [-0.25, -0.2) is 0 Å². The molecule has 0 spiro atoms. The van der Waals surface area contributed by atoms with Crippen molar-refractivity contribution in [3.05, 3.63) is 64.2 Å². The summed E-state index contributed by atoms with van der Waals surface area (Å²) >= 11 is 1.81. The molecule has 0 aromatic heterocycles. The number of hydrogen-bond acceptors (Lipinski definition) is 2. The van der Waals surface area contributed by atoms with Crippen molar-refractivity contribution in [2.75, 3.05) is 0 Å². The number of aldehydes is 1. The van der Waals surface area contributed by atoms with Crippen LogP contribution in [0, 0.1) is 20.8 Å². The topological polar surface area (TPSA) is 17.1 Å². The molecule has 2 aromatic rings. The minimum atomic E-state index is 0.805. The van der Waals surface area contributed by atoms with E-state index in [-0.39, 0.29) is 0 Å². The van der Waals surface area contributed by atoms with E-state index < -0.39 is 0 Å². The summed E-state index contributed by atoms with van der Waals surface area (Å²) in [5, 5.41) is 0. The molecule has 0 unspecified atom stereocenters. The van der Waals surface area contributed by atoms with Crippen LogP contribution in [-0.2, 0) is 5.75 Å². The Morgan fingerprint density at radius 2 is 1.68 bits per heavy atom. The number of benzene rings is 2. The highest BCUT2D eigenvalue weighted by molar-refractivity contribution is 7.98. The predicted octanol–water partition coefficient (Wildman–Crippen LogP) is 4.72. The van der Waals surface area contributed by atoms with Crippen LogP contribution >= 0.6 is 11.8 Å². The van der Waals surface area contributed by atoms with Gasteiger partial charge in [-0.05, 0) is 50.1 Å². The lowest BCUT2D eigenvalue weighted by atomic mass is 10.0. The molecule has 19 heavy (non-hydrogen) atoms. The fourth-order valence-electron chi connectivity index (χ4n) is 2.03. The van der Waals surface area contributed by atoms with Gasteiger partial charge in [-0.15, -0.1) is 11.8 Å². The smallest absolute Gasteiger partial charge is 0.150 e. The molecule has 2 rings (SSSR count). The number of thioether (sulfide) groups is 1. The van der Waals surface area contributed by atoms with Crippen LogP contribution in [-0.4, -0.2) is 6.29 Å². The summed E-state index contributed by atoms with van der Waals surface area (Å²) in [5.74, 6) is 0.900. The molecule has 2 heteroatoms. The summed E-state index contributed by atoms with van der Waals surface area (Å²) in [5.41, 5.74) is 5.57. The van der Waals surface area contributed by atoms with Gasteiger partial charge in [0, 0.05) is 16.2 Å². The summed E-state index contributed by atoms with van der Waals surface area (Å²) < 4.78 is 0. The molecule has 98 valence electrons. The van der Waals surface area contributed by atoms with Gasteiger partial charge in [0.1, 0.15) is 6.29 Å². The van der Waals surface area contributed by atoms with E-state index in [1.807, 2.05) is 31.7 Å². The van der Waals surface area contributed by atoms with E-state index in [4.69, 9.17) is 0 Å². The third-order valence-corrected chi connectivity index (χ3v) is 4.30. The van der Waals surface area contributed by atoms with Gasteiger partial charge in [-0.3, -0.25) is 4.79 Å². The molecule has 0 heterocycles. The van der Waals surface area contributed by atoms with E-state index in [9.17, 15) is 4.79 Å². The summed E-state index contributed by atoms with van der Waals surface area (Å²) in [6.45, 7) is 6.15. The Bertz CT molecular complexity index is 585. The Balaban J connectivity index is 2.17. The van der Waals surface area contributed by atoms with Gasteiger partial charge in [0.2, 0.25) is 0 Å². The summed E-state index contributed by atoms with van der Waals surface area (Å²) in [7, 11) is 0. The maximum absolute atomic E-state index is 11.0. The van der Waals surface area contributed by atoms with Gasteiger partial charge < -0.3 is 0 Å². The SMILES string of the molecule is Cc1ccc(SCc2cc(C)cc(C=O)c2C)cc1. The van der Waals surface area contributed by atoms with E-state index in [2.05, 4.69) is 37.3 Å². The van der Waals surface area contributed by atoms with E-state index in [0.717, 1.165) is 28.7 Å². The van der Waals surface area contributed by atoms with Gasteiger partial charge in [-0.1, -0.05) is 29.3 Å². The third kappa shape index (κ3) is 3.48. The van der Waals surface area contributed by atoms with E-state index in [1.165, 1.54) is 16.0 Å². The van der Waals surface area contributed by atoms with E-state index in [1.54, 1.807) is 0 Å². The number of hydrogen-bond donors (Lipinski definition) is 0. The van der Waals surface area contributed by atoms with Crippen molar-refractivity contribution >= 4 is 18.0 Å². The van der Waals surface area contributed by atoms with Crippen LogP contribution in [0.5, 0.6) is 0 Å². The van der Waals surface area contributed by atoms with E-state index >= 15 is 0 Å². The van der Waals surface area contributed by atoms with Crippen molar-refractivity contribution in [3.63, 3.8) is 0 Å². The molecule has 0 fully saturated rings. The maximum Gasteiger partial charge on any atom is 0.150 e. The molecule has 0 saturated carbocycles. The first-order valence-electron chi connectivity index (χ1n) is 6.35. The Labute approximate surface area is 119 Å². The standard InChI is InChI=1S/C17H18OS/c1-12-4-6-17(7-5-12)19-11-16-9-13(2)8-15(10-18)14(16)3/h4-10H,11H2,1-3H3. The molecule has 0 aliphatic heterocycles. The average Bonchev–Trinajstić information content (AvgIpc) is 2.41. The van der Waals surface area contributed by atoms with Crippen molar-refractivity contribution in [3.8, 4) is 0 Å². The molecule has 0 aliphatic rings. The Hall–Kier alpha value is -1.54. The fraction of sp³-hybridized carbons (Fsp3) is 0.235. The molecule has 0 aliphatic carbocycles. The molecular formula is C17H18OS. The minimum Gasteiger partial charge on any atom is -0.298 e. The highest BCUT2D eigenvalue weighted by Gasteiger charge is 2.06. The Morgan fingerprint density at radius 1 is 1.00 bits per heavy atom. The van der Waals surface area contributed by atoms with Crippen LogP contribution in [0.3, 0.4) is 0 Å². The van der Waals surface area contributed by atoms with E-state index in [0.29, 0.717) is 0 Å². The van der Waals surface area contributed by atoms with Gasteiger partial charge >= 0.3 is 0 Å². The molecule has 0 bridgehead atoms. The zero-order chi connectivity index (χ0) is 13.8. The van der Waals surface area contributed by atoms with Crippen molar-refractivity contribution < 1.29 is 4.79 Å². The fourth-order valence-corrected chi connectivity index (χ4v) is 2.98. The molecule has 1 nitrogen and oxygen atoms in total. The lowest BCUT2D eigenvalue weighted by Gasteiger charge is -2.10. The van der Waals surface area contributed by atoms with Crippen molar-refractivity contribution in [2.24, 2.45) is 0 Å². The van der Waals surface area contributed by atoms with Gasteiger partial charge in [-0.2, -0.15) is 0 Å². The van der Waals surface area contributed by atoms with Crippen molar-refractivity contribution in [2.45, 2.75) is 31.4 Å². The highest BCUT2D eigenvalue weighted by atomic mass is 32.2. The quantitative estimate of drug-likeness (QED) is 0.591.